The molecule has 1 aromatic rings. The molecule has 0 bridgehead atoms. The number of nitrogens with two attached hydrogens (primary N) is 1. The molecule has 0 amide bonds. The predicted molar refractivity (Wildman–Crippen MR) is 73.7 cm³/mol. The van der Waals surface area contributed by atoms with Crippen molar-refractivity contribution in [1.29, 1.82) is 0 Å². The molecule has 0 aromatic heterocycles. The zero-order chi connectivity index (χ0) is 12.1. The molecular weight excluding hydrogens is 208 g/mol. The third-order valence-electron chi connectivity index (χ3n) is 3.62. The number of hydrogen-bond donors (Lipinski definition) is 1. The zero-order valence-electron chi connectivity index (χ0n) is 10.6. The molecule has 2 nitrogen and oxygen atoms in total. The van der Waals surface area contributed by atoms with E-state index in [4.69, 9.17) is 5.73 Å². The normalized spacial score (nSPS) is 20.8. The van der Waals surface area contributed by atoms with Gasteiger partial charge in [-0.1, -0.05) is 42.5 Å². The summed E-state index contributed by atoms with van der Waals surface area (Å²) in [7, 11) is 2.17. The Morgan fingerprint density at radius 2 is 1.88 bits per heavy atom. The van der Waals surface area contributed by atoms with E-state index in [1.807, 2.05) is 6.07 Å². The van der Waals surface area contributed by atoms with Crippen molar-refractivity contribution < 1.29 is 0 Å². The van der Waals surface area contributed by atoms with Crippen molar-refractivity contribution in [3.8, 4) is 0 Å². The minimum Gasteiger partial charge on any atom is -0.325 e. The summed E-state index contributed by atoms with van der Waals surface area (Å²) in [5.41, 5.74) is 7.67. The minimum atomic E-state index is 0.0117. The predicted octanol–water partition coefficient (Wildman–Crippen LogP) is 2.51. The molecule has 2 heteroatoms. The number of nitrogens with zero attached hydrogens (tertiary/aromatic N) is 1. The van der Waals surface area contributed by atoms with Crippen molar-refractivity contribution in [3.05, 3.63) is 42.0 Å². The monoisotopic (exact) mass is 230 g/mol. The second kappa shape index (κ2) is 5.48. The quantitative estimate of drug-likeness (QED) is 0.864. The highest BCUT2D eigenvalue weighted by Gasteiger charge is 2.27. The lowest BCUT2D eigenvalue weighted by molar-refractivity contribution is 0.192. The van der Waals surface area contributed by atoms with Crippen molar-refractivity contribution in [2.75, 3.05) is 20.1 Å². The maximum Gasteiger partial charge on any atom is 0.0213 e. The summed E-state index contributed by atoms with van der Waals surface area (Å²) >= 11 is 0. The summed E-state index contributed by atoms with van der Waals surface area (Å²) in [5.74, 6) is 0. The summed E-state index contributed by atoms with van der Waals surface area (Å²) in [4.78, 5) is 2.35. The third kappa shape index (κ3) is 3.69. The van der Waals surface area contributed by atoms with Gasteiger partial charge in [-0.25, -0.2) is 0 Å². The Morgan fingerprint density at radius 3 is 2.53 bits per heavy atom. The first-order chi connectivity index (χ1) is 8.18. The highest BCUT2D eigenvalue weighted by molar-refractivity contribution is 5.48. The van der Waals surface area contributed by atoms with Crippen LogP contribution in [0.15, 0.2) is 36.4 Å². The molecule has 0 aliphatic carbocycles. The second-order valence-corrected chi connectivity index (χ2v) is 5.18. The Bertz CT molecular complexity index is 362. The van der Waals surface area contributed by atoms with Gasteiger partial charge in [-0.15, -0.1) is 0 Å². The molecule has 1 fully saturated rings. The molecule has 0 unspecified atom stereocenters. The van der Waals surface area contributed by atoms with Crippen LogP contribution in [0.1, 0.15) is 24.8 Å². The Hall–Kier alpha value is -1.12. The van der Waals surface area contributed by atoms with Crippen molar-refractivity contribution in [2.24, 2.45) is 5.73 Å². The average molecular weight is 230 g/mol. The molecule has 0 saturated carbocycles. The highest BCUT2D eigenvalue weighted by Crippen LogP contribution is 2.23. The van der Waals surface area contributed by atoms with Crippen LogP contribution in [-0.2, 0) is 0 Å². The first kappa shape index (κ1) is 12.3. The number of piperidine rings is 1. The summed E-state index contributed by atoms with van der Waals surface area (Å²) in [5, 5.41) is 0. The molecule has 1 aromatic carbocycles. The van der Waals surface area contributed by atoms with Crippen LogP contribution >= 0.6 is 0 Å². The Balaban J connectivity index is 1.87. The van der Waals surface area contributed by atoms with E-state index >= 15 is 0 Å². The topological polar surface area (TPSA) is 29.3 Å². The van der Waals surface area contributed by atoms with Gasteiger partial charge in [0, 0.05) is 5.54 Å². The zero-order valence-corrected chi connectivity index (χ0v) is 10.6. The molecule has 0 atom stereocenters. The van der Waals surface area contributed by atoms with Crippen LogP contribution in [0.3, 0.4) is 0 Å². The first-order valence-electron chi connectivity index (χ1n) is 6.37. The van der Waals surface area contributed by atoms with Crippen molar-refractivity contribution in [2.45, 2.75) is 24.8 Å². The van der Waals surface area contributed by atoms with Crippen molar-refractivity contribution in [3.63, 3.8) is 0 Å². The van der Waals surface area contributed by atoms with Crippen LogP contribution in [0.25, 0.3) is 6.08 Å². The molecule has 0 spiro atoms. The Kier molecular flexibility index (Phi) is 3.97. The first-order valence-corrected chi connectivity index (χ1v) is 6.37. The summed E-state index contributed by atoms with van der Waals surface area (Å²) in [6, 6.07) is 10.4. The maximum absolute atomic E-state index is 6.41. The van der Waals surface area contributed by atoms with E-state index in [0.29, 0.717) is 0 Å². The van der Waals surface area contributed by atoms with Crippen LogP contribution in [0.4, 0.5) is 0 Å². The third-order valence-corrected chi connectivity index (χ3v) is 3.62. The van der Waals surface area contributed by atoms with Gasteiger partial charge in [-0.3, -0.25) is 0 Å². The number of likely N-dealkylation sites (tertiary alicyclic amines) is 1. The fraction of sp³-hybridized carbons (Fsp3) is 0.467. The van der Waals surface area contributed by atoms with Gasteiger partial charge >= 0.3 is 0 Å². The molecule has 2 N–H and O–H groups in total. The van der Waals surface area contributed by atoms with Crippen LogP contribution in [0, 0.1) is 0 Å². The van der Waals surface area contributed by atoms with Crippen molar-refractivity contribution >= 4 is 6.08 Å². The lowest BCUT2D eigenvalue weighted by atomic mass is 9.85. The van der Waals surface area contributed by atoms with E-state index in [2.05, 4.69) is 48.4 Å². The van der Waals surface area contributed by atoms with Gasteiger partial charge in [0.1, 0.15) is 0 Å². The molecule has 1 aliphatic rings. The number of rotatable bonds is 3. The second-order valence-electron chi connectivity index (χ2n) is 5.18. The largest absolute Gasteiger partial charge is 0.325 e. The van der Waals surface area contributed by atoms with E-state index in [1.54, 1.807) is 0 Å². The SMILES string of the molecule is CN1CCC(N)(C/C=C/c2ccccc2)CC1. The molecule has 1 aliphatic heterocycles. The van der Waals surface area contributed by atoms with Crippen LogP contribution in [0.2, 0.25) is 0 Å². The molecule has 2 rings (SSSR count). The van der Waals surface area contributed by atoms with E-state index in [0.717, 1.165) is 32.4 Å². The molecule has 0 radical (unpaired) electrons. The van der Waals surface area contributed by atoms with E-state index < -0.39 is 0 Å². The van der Waals surface area contributed by atoms with Crippen molar-refractivity contribution in [1.82, 2.24) is 4.90 Å². The average Bonchev–Trinajstić information content (AvgIpc) is 2.35. The van der Waals surface area contributed by atoms with Gasteiger partial charge in [-0.2, -0.15) is 0 Å². The molecule has 17 heavy (non-hydrogen) atoms. The lowest BCUT2D eigenvalue weighted by Crippen LogP contribution is -2.48. The van der Waals surface area contributed by atoms with Gasteiger partial charge in [0.2, 0.25) is 0 Å². The fourth-order valence-electron chi connectivity index (χ4n) is 2.26. The van der Waals surface area contributed by atoms with E-state index in [9.17, 15) is 0 Å². The van der Waals surface area contributed by atoms with Gasteiger partial charge in [0.05, 0.1) is 0 Å². The van der Waals surface area contributed by atoms with Gasteiger partial charge in [-0.05, 0) is 45.0 Å². The Labute approximate surface area is 104 Å². The highest BCUT2D eigenvalue weighted by atomic mass is 15.1. The van der Waals surface area contributed by atoms with Crippen LogP contribution < -0.4 is 5.73 Å². The molecule has 92 valence electrons. The molecule has 1 heterocycles. The van der Waals surface area contributed by atoms with Crippen LogP contribution in [0.5, 0.6) is 0 Å². The van der Waals surface area contributed by atoms with Gasteiger partial charge < -0.3 is 10.6 Å². The standard InChI is InChI=1S/C15H22N2/c1-17-12-10-15(16,11-13-17)9-5-8-14-6-3-2-4-7-14/h2-8H,9-13,16H2,1H3/b8-5+. The fourth-order valence-corrected chi connectivity index (χ4v) is 2.26. The minimum absolute atomic E-state index is 0.0117. The summed E-state index contributed by atoms with van der Waals surface area (Å²) in [6.45, 7) is 2.24. The summed E-state index contributed by atoms with van der Waals surface area (Å²) < 4.78 is 0. The maximum atomic E-state index is 6.41. The van der Waals surface area contributed by atoms with Gasteiger partial charge in [0.25, 0.3) is 0 Å². The lowest BCUT2D eigenvalue weighted by Gasteiger charge is -2.37. The Morgan fingerprint density at radius 1 is 1.24 bits per heavy atom. The van der Waals surface area contributed by atoms with E-state index in [1.165, 1.54) is 5.56 Å². The van der Waals surface area contributed by atoms with E-state index in [-0.39, 0.29) is 5.54 Å². The smallest absolute Gasteiger partial charge is 0.0213 e. The van der Waals surface area contributed by atoms with Crippen LogP contribution in [-0.4, -0.2) is 30.6 Å². The molecule has 1 saturated heterocycles. The van der Waals surface area contributed by atoms with Gasteiger partial charge in [0.15, 0.2) is 0 Å². The molecular formula is C15H22N2. The number of hydrogen-bond acceptors (Lipinski definition) is 2. The number of benzene rings is 1. The summed E-state index contributed by atoms with van der Waals surface area (Å²) in [6.07, 6.45) is 7.58.